The predicted octanol–water partition coefficient (Wildman–Crippen LogP) is 3.65. The number of nitro benzene ring substituents is 1. The van der Waals surface area contributed by atoms with E-state index in [-0.39, 0.29) is 17.1 Å². The van der Waals surface area contributed by atoms with Gasteiger partial charge in [0.15, 0.2) is 6.61 Å². The monoisotopic (exact) mass is 386 g/mol. The zero-order valence-electron chi connectivity index (χ0n) is 11.4. The third-order valence-corrected chi connectivity index (χ3v) is 3.31. The average Bonchev–Trinajstić information content (AvgIpc) is 2.48. The van der Waals surface area contributed by atoms with Crippen LogP contribution in [0.1, 0.15) is 0 Å². The van der Waals surface area contributed by atoms with Gasteiger partial charge in [-0.15, -0.1) is 0 Å². The Morgan fingerprint density at radius 1 is 1.26 bits per heavy atom. The summed E-state index contributed by atoms with van der Waals surface area (Å²) in [7, 11) is 0. The van der Waals surface area contributed by atoms with Gasteiger partial charge in [-0.05, 0) is 40.2 Å². The number of nitrogens with one attached hydrogen (secondary N) is 1. The first-order chi connectivity index (χ1) is 10.9. The molecule has 23 heavy (non-hydrogen) atoms. The van der Waals surface area contributed by atoms with Crippen molar-refractivity contribution in [3.05, 3.63) is 62.6 Å². The maximum atomic E-state index is 13.5. The topological polar surface area (TPSA) is 81.5 Å². The second-order valence-electron chi connectivity index (χ2n) is 4.33. The molecular formula is C14H9BrF2N2O4. The van der Waals surface area contributed by atoms with Crippen molar-refractivity contribution in [1.82, 2.24) is 0 Å². The fourth-order valence-corrected chi connectivity index (χ4v) is 2.11. The summed E-state index contributed by atoms with van der Waals surface area (Å²) < 4.78 is 31.9. The summed E-state index contributed by atoms with van der Waals surface area (Å²) in [6.07, 6.45) is 0. The number of hydrogen-bond acceptors (Lipinski definition) is 4. The summed E-state index contributed by atoms with van der Waals surface area (Å²) in [5, 5.41) is 12.8. The molecule has 2 aromatic rings. The van der Waals surface area contributed by atoms with E-state index in [9.17, 15) is 23.7 Å². The SMILES string of the molecule is O=C(COc1ccc(F)cc1Br)Nc1cc([N+](=O)[O-])ccc1F. The number of halogens is 3. The van der Waals surface area contributed by atoms with Crippen LogP contribution in [-0.4, -0.2) is 17.4 Å². The van der Waals surface area contributed by atoms with E-state index in [0.29, 0.717) is 4.47 Å². The highest BCUT2D eigenvalue weighted by molar-refractivity contribution is 9.10. The van der Waals surface area contributed by atoms with E-state index in [2.05, 4.69) is 21.2 Å². The lowest BCUT2D eigenvalue weighted by Crippen LogP contribution is -2.21. The van der Waals surface area contributed by atoms with Gasteiger partial charge in [-0.1, -0.05) is 0 Å². The largest absolute Gasteiger partial charge is 0.483 e. The van der Waals surface area contributed by atoms with Crippen LogP contribution < -0.4 is 10.1 Å². The second-order valence-corrected chi connectivity index (χ2v) is 5.19. The van der Waals surface area contributed by atoms with Crippen LogP contribution in [0.25, 0.3) is 0 Å². The number of anilines is 1. The second kappa shape index (κ2) is 7.14. The fraction of sp³-hybridized carbons (Fsp3) is 0.0714. The van der Waals surface area contributed by atoms with Gasteiger partial charge in [0, 0.05) is 12.1 Å². The minimum atomic E-state index is -0.813. The number of carbonyl (C=O) groups excluding carboxylic acids is 1. The number of amides is 1. The van der Waals surface area contributed by atoms with Gasteiger partial charge in [-0.3, -0.25) is 14.9 Å². The molecule has 0 saturated heterocycles. The first-order valence-electron chi connectivity index (χ1n) is 6.18. The highest BCUT2D eigenvalue weighted by atomic mass is 79.9. The molecule has 120 valence electrons. The van der Waals surface area contributed by atoms with Crippen LogP contribution in [0.15, 0.2) is 40.9 Å². The van der Waals surface area contributed by atoms with Gasteiger partial charge in [-0.25, -0.2) is 8.78 Å². The Balaban J connectivity index is 2.02. The zero-order valence-corrected chi connectivity index (χ0v) is 13.0. The van der Waals surface area contributed by atoms with Crippen molar-refractivity contribution in [2.24, 2.45) is 0 Å². The summed E-state index contributed by atoms with van der Waals surface area (Å²) in [4.78, 5) is 21.7. The molecule has 0 spiro atoms. The molecule has 0 aromatic heterocycles. The lowest BCUT2D eigenvalue weighted by atomic mass is 10.2. The summed E-state index contributed by atoms with van der Waals surface area (Å²) in [6.45, 7) is -0.480. The number of ether oxygens (including phenoxy) is 1. The summed E-state index contributed by atoms with van der Waals surface area (Å²) in [6, 6.07) is 6.40. The fourth-order valence-electron chi connectivity index (χ4n) is 1.64. The molecule has 0 atom stereocenters. The number of hydrogen-bond donors (Lipinski definition) is 1. The minimum Gasteiger partial charge on any atom is -0.483 e. The first kappa shape index (κ1) is 16.8. The Hall–Kier alpha value is -2.55. The maximum absolute atomic E-state index is 13.5. The van der Waals surface area contributed by atoms with Crippen LogP contribution in [0, 0.1) is 21.7 Å². The van der Waals surface area contributed by atoms with Crippen molar-refractivity contribution >= 4 is 33.2 Å². The molecule has 0 fully saturated rings. The molecule has 6 nitrogen and oxygen atoms in total. The highest BCUT2D eigenvalue weighted by Crippen LogP contribution is 2.25. The van der Waals surface area contributed by atoms with Crippen LogP contribution >= 0.6 is 15.9 Å². The van der Waals surface area contributed by atoms with E-state index in [1.165, 1.54) is 6.07 Å². The number of nitro groups is 1. The molecular weight excluding hydrogens is 378 g/mol. The van der Waals surface area contributed by atoms with Crippen molar-refractivity contribution in [2.45, 2.75) is 0 Å². The van der Waals surface area contributed by atoms with E-state index in [1.54, 1.807) is 0 Å². The molecule has 1 amide bonds. The molecule has 0 aliphatic heterocycles. The maximum Gasteiger partial charge on any atom is 0.271 e. The molecule has 0 aliphatic carbocycles. The summed E-state index contributed by atoms with van der Waals surface area (Å²) >= 11 is 3.07. The predicted molar refractivity (Wildman–Crippen MR) is 81.3 cm³/mol. The molecule has 2 aromatic carbocycles. The average molecular weight is 387 g/mol. The smallest absolute Gasteiger partial charge is 0.271 e. The van der Waals surface area contributed by atoms with Gasteiger partial charge >= 0.3 is 0 Å². The molecule has 0 unspecified atom stereocenters. The van der Waals surface area contributed by atoms with Gasteiger partial charge in [0.25, 0.3) is 11.6 Å². The normalized spacial score (nSPS) is 10.2. The lowest BCUT2D eigenvalue weighted by molar-refractivity contribution is -0.384. The number of benzene rings is 2. The van der Waals surface area contributed by atoms with Crippen molar-refractivity contribution < 1.29 is 23.2 Å². The Labute approximate surface area is 137 Å². The Kier molecular flexibility index (Phi) is 5.22. The van der Waals surface area contributed by atoms with Gasteiger partial charge in [0.05, 0.1) is 15.1 Å². The Morgan fingerprint density at radius 3 is 2.65 bits per heavy atom. The highest BCUT2D eigenvalue weighted by Gasteiger charge is 2.14. The molecule has 2 rings (SSSR count). The van der Waals surface area contributed by atoms with Gasteiger partial charge in [-0.2, -0.15) is 0 Å². The van der Waals surface area contributed by atoms with Gasteiger partial charge in [0.1, 0.15) is 17.4 Å². The van der Waals surface area contributed by atoms with Crippen LogP contribution in [0.4, 0.5) is 20.2 Å². The Morgan fingerprint density at radius 2 is 2.00 bits per heavy atom. The van der Waals surface area contributed by atoms with E-state index in [4.69, 9.17) is 4.74 Å². The van der Waals surface area contributed by atoms with Crippen LogP contribution in [0.5, 0.6) is 5.75 Å². The van der Waals surface area contributed by atoms with Crippen LogP contribution in [0.2, 0.25) is 0 Å². The lowest BCUT2D eigenvalue weighted by Gasteiger charge is -2.09. The van der Waals surface area contributed by atoms with E-state index < -0.39 is 29.1 Å². The standard InChI is InChI=1S/C14H9BrF2N2O4/c15-10-5-8(16)1-4-13(10)23-7-14(20)18-12-6-9(19(21)22)2-3-11(12)17/h1-6H,7H2,(H,18,20). The summed E-state index contributed by atoms with van der Waals surface area (Å²) in [5.41, 5.74) is -0.685. The summed E-state index contributed by atoms with van der Waals surface area (Å²) in [5.74, 6) is -1.79. The van der Waals surface area contributed by atoms with E-state index in [0.717, 1.165) is 30.3 Å². The Bertz CT molecular complexity index is 770. The van der Waals surface area contributed by atoms with Crippen LogP contribution in [0.3, 0.4) is 0 Å². The molecule has 9 heteroatoms. The first-order valence-corrected chi connectivity index (χ1v) is 6.98. The van der Waals surface area contributed by atoms with Crippen molar-refractivity contribution in [2.75, 3.05) is 11.9 Å². The number of rotatable bonds is 5. The third-order valence-electron chi connectivity index (χ3n) is 2.69. The minimum absolute atomic E-state index is 0.223. The molecule has 1 N–H and O–H groups in total. The van der Waals surface area contributed by atoms with E-state index >= 15 is 0 Å². The quantitative estimate of drug-likeness (QED) is 0.627. The van der Waals surface area contributed by atoms with Crippen molar-refractivity contribution in [3.63, 3.8) is 0 Å². The van der Waals surface area contributed by atoms with E-state index in [1.807, 2.05) is 0 Å². The molecule has 0 bridgehead atoms. The third kappa shape index (κ3) is 4.46. The van der Waals surface area contributed by atoms with Gasteiger partial charge in [0.2, 0.25) is 0 Å². The molecule has 0 saturated carbocycles. The zero-order chi connectivity index (χ0) is 17.0. The van der Waals surface area contributed by atoms with Crippen molar-refractivity contribution in [3.8, 4) is 5.75 Å². The number of carbonyl (C=O) groups is 1. The van der Waals surface area contributed by atoms with Crippen molar-refractivity contribution in [1.29, 1.82) is 0 Å². The number of nitrogens with zero attached hydrogens (tertiary/aromatic N) is 1. The molecule has 0 heterocycles. The number of non-ortho nitro benzene ring substituents is 1. The molecule has 0 aliphatic rings. The molecule has 0 radical (unpaired) electrons. The van der Waals surface area contributed by atoms with Gasteiger partial charge < -0.3 is 10.1 Å². The van der Waals surface area contributed by atoms with Crippen LogP contribution in [-0.2, 0) is 4.79 Å².